The van der Waals surface area contributed by atoms with Crippen LogP contribution in [0.15, 0.2) is 63.5 Å². The zero-order valence-corrected chi connectivity index (χ0v) is 13.2. The molecule has 2 aromatic carbocycles. The van der Waals surface area contributed by atoms with Crippen LogP contribution in [0.5, 0.6) is 11.5 Å². The van der Waals surface area contributed by atoms with Crippen molar-refractivity contribution in [3.05, 3.63) is 70.9 Å². The molecular formula is C16H13BrN2O3. The highest BCUT2D eigenvalue weighted by Crippen LogP contribution is 2.24. The molecule has 0 spiro atoms. The Bertz CT molecular complexity index is 731. The number of para-hydroxylation sites is 2. The first-order valence-corrected chi connectivity index (χ1v) is 7.47. The molecule has 22 heavy (non-hydrogen) atoms. The minimum Gasteiger partial charge on any atom is -0.484 e. The van der Waals surface area contributed by atoms with E-state index >= 15 is 0 Å². The van der Waals surface area contributed by atoms with Crippen LogP contribution in [0.25, 0.3) is 0 Å². The lowest BCUT2D eigenvalue weighted by Crippen LogP contribution is -1.96. The fourth-order valence-electron chi connectivity index (χ4n) is 1.77. The Kier molecular flexibility index (Phi) is 4.70. The molecule has 0 aliphatic rings. The van der Waals surface area contributed by atoms with Gasteiger partial charge in [0.05, 0.1) is 4.47 Å². The topological polar surface area (TPSA) is 57.4 Å². The van der Waals surface area contributed by atoms with Gasteiger partial charge in [0.15, 0.2) is 13.2 Å². The third kappa shape index (κ3) is 3.85. The van der Waals surface area contributed by atoms with Crippen LogP contribution in [0.1, 0.15) is 11.8 Å². The van der Waals surface area contributed by atoms with Gasteiger partial charge >= 0.3 is 0 Å². The fraction of sp³-hybridized carbons (Fsp3) is 0.125. The van der Waals surface area contributed by atoms with E-state index in [9.17, 15) is 0 Å². The minimum atomic E-state index is 0.209. The van der Waals surface area contributed by atoms with Crippen molar-refractivity contribution in [2.24, 2.45) is 0 Å². The van der Waals surface area contributed by atoms with Gasteiger partial charge in [0.1, 0.15) is 11.5 Å². The second kappa shape index (κ2) is 7.09. The Balaban J connectivity index is 1.54. The molecule has 0 N–H and O–H groups in total. The zero-order valence-electron chi connectivity index (χ0n) is 11.6. The van der Waals surface area contributed by atoms with Crippen LogP contribution < -0.4 is 9.47 Å². The normalized spacial score (nSPS) is 10.4. The van der Waals surface area contributed by atoms with Crippen molar-refractivity contribution < 1.29 is 13.9 Å². The summed E-state index contributed by atoms with van der Waals surface area (Å²) < 4.78 is 17.5. The van der Waals surface area contributed by atoms with Crippen LogP contribution in [0.2, 0.25) is 0 Å². The molecule has 0 saturated heterocycles. The van der Waals surface area contributed by atoms with E-state index in [0.717, 1.165) is 16.0 Å². The van der Waals surface area contributed by atoms with Gasteiger partial charge < -0.3 is 13.9 Å². The summed E-state index contributed by atoms with van der Waals surface area (Å²) in [6.45, 7) is 0.437. The Labute approximate surface area is 136 Å². The lowest BCUT2D eigenvalue weighted by molar-refractivity contribution is 0.231. The number of halogens is 1. The van der Waals surface area contributed by atoms with E-state index in [2.05, 4.69) is 26.1 Å². The largest absolute Gasteiger partial charge is 0.484 e. The number of nitrogens with zero attached hydrogens (tertiary/aromatic N) is 2. The molecular weight excluding hydrogens is 348 g/mol. The number of hydrogen-bond donors (Lipinski definition) is 0. The van der Waals surface area contributed by atoms with Crippen molar-refractivity contribution in [2.75, 3.05) is 0 Å². The van der Waals surface area contributed by atoms with Crippen molar-refractivity contribution in [1.29, 1.82) is 0 Å². The standard InChI is InChI=1S/C16H13BrN2O3/c17-13-8-4-5-9-14(13)21-11-16-19-18-15(22-16)10-20-12-6-2-1-3-7-12/h1-9H,10-11H2. The van der Waals surface area contributed by atoms with Crippen molar-refractivity contribution in [1.82, 2.24) is 10.2 Å². The van der Waals surface area contributed by atoms with E-state index in [4.69, 9.17) is 13.9 Å². The molecule has 0 bridgehead atoms. The average molecular weight is 361 g/mol. The molecule has 1 heterocycles. The lowest BCUT2D eigenvalue weighted by atomic mass is 10.3. The van der Waals surface area contributed by atoms with Gasteiger partial charge in [-0.3, -0.25) is 0 Å². The molecule has 0 unspecified atom stereocenters. The maximum atomic E-state index is 5.62. The number of aromatic nitrogens is 2. The quantitative estimate of drug-likeness (QED) is 0.665. The molecule has 5 nitrogen and oxygen atoms in total. The predicted octanol–water partition coefficient (Wildman–Crippen LogP) is 3.99. The molecule has 0 aliphatic heterocycles. The molecule has 3 rings (SSSR count). The van der Waals surface area contributed by atoms with Gasteiger partial charge in [-0.1, -0.05) is 30.3 Å². The van der Waals surface area contributed by atoms with E-state index in [1.165, 1.54) is 0 Å². The summed E-state index contributed by atoms with van der Waals surface area (Å²) in [5, 5.41) is 7.87. The molecule has 0 atom stereocenters. The van der Waals surface area contributed by atoms with E-state index < -0.39 is 0 Å². The molecule has 6 heteroatoms. The smallest absolute Gasteiger partial charge is 0.254 e. The Morgan fingerprint density at radius 1 is 0.818 bits per heavy atom. The van der Waals surface area contributed by atoms with E-state index in [-0.39, 0.29) is 13.2 Å². The number of rotatable bonds is 6. The van der Waals surface area contributed by atoms with Crippen molar-refractivity contribution >= 4 is 15.9 Å². The maximum Gasteiger partial charge on any atom is 0.254 e. The lowest BCUT2D eigenvalue weighted by Gasteiger charge is -2.04. The van der Waals surface area contributed by atoms with E-state index in [0.29, 0.717) is 11.8 Å². The van der Waals surface area contributed by atoms with Crippen LogP contribution >= 0.6 is 15.9 Å². The van der Waals surface area contributed by atoms with Gasteiger partial charge in [-0.25, -0.2) is 0 Å². The monoisotopic (exact) mass is 360 g/mol. The van der Waals surface area contributed by atoms with Gasteiger partial charge in [-0.05, 0) is 40.2 Å². The van der Waals surface area contributed by atoms with Crippen LogP contribution in [0, 0.1) is 0 Å². The second-order valence-corrected chi connectivity index (χ2v) is 5.26. The van der Waals surface area contributed by atoms with E-state index in [1.807, 2.05) is 54.6 Å². The zero-order chi connectivity index (χ0) is 15.2. The van der Waals surface area contributed by atoms with Gasteiger partial charge in [0.25, 0.3) is 11.8 Å². The van der Waals surface area contributed by atoms with Crippen molar-refractivity contribution in [2.45, 2.75) is 13.2 Å². The first-order chi connectivity index (χ1) is 10.8. The second-order valence-electron chi connectivity index (χ2n) is 4.41. The van der Waals surface area contributed by atoms with Crippen LogP contribution in [0.3, 0.4) is 0 Å². The molecule has 1 aromatic heterocycles. The van der Waals surface area contributed by atoms with Crippen molar-refractivity contribution in [3.63, 3.8) is 0 Å². The highest BCUT2D eigenvalue weighted by Gasteiger charge is 2.08. The van der Waals surface area contributed by atoms with Crippen LogP contribution in [0.4, 0.5) is 0 Å². The molecule has 0 amide bonds. The molecule has 0 aliphatic carbocycles. The Morgan fingerprint density at radius 2 is 1.45 bits per heavy atom. The summed E-state index contributed by atoms with van der Waals surface area (Å²) in [5.41, 5.74) is 0. The first kappa shape index (κ1) is 14.6. The van der Waals surface area contributed by atoms with Crippen molar-refractivity contribution in [3.8, 4) is 11.5 Å². The number of benzene rings is 2. The summed E-state index contributed by atoms with van der Waals surface area (Å²) in [6, 6.07) is 17.1. The highest BCUT2D eigenvalue weighted by molar-refractivity contribution is 9.10. The predicted molar refractivity (Wildman–Crippen MR) is 83.5 cm³/mol. The number of ether oxygens (including phenoxy) is 2. The SMILES string of the molecule is Brc1ccccc1OCc1nnc(COc2ccccc2)o1. The molecule has 0 fully saturated rings. The van der Waals surface area contributed by atoms with Gasteiger partial charge in [0, 0.05) is 0 Å². The van der Waals surface area contributed by atoms with E-state index in [1.54, 1.807) is 0 Å². The first-order valence-electron chi connectivity index (χ1n) is 6.68. The highest BCUT2D eigenvalue weighted by atomic mass is 79.9. The third-order valence-electron chi connectivity index (χ3n) is 2.80. The van der Waals surface area contributed by atoms with Gasteiger partial charge in [0.2, 0.25) is 0 Å². The molecule has 112 valence electrons. The minimum absolute atomic E-state index is 0.209. The van der Waals surface area contributed by atoms with Gasteiger partial charge in [-0.2, -0.15) is 0 Å². The third-order valence-corrected chi connectivity index (χ3v) is 3.46. The summed E-state index contributed by atoms with van der Waals surface area (Å²) in [4.78, 5) is 0. The number of hydrogen-bond acceptors (Lipinski definition) is 5. The fourth-order valence-corrected chi connectivity index (χ4v) is 2.17. The molecule has 0 radical (unpaired) electrons. The summed E-state index contributed by atoms with van der Waals surface area (Å²) in [5.74, 6) is 2.30. The van der Waals surface area contributed by atoms with Crippen LogP contribution in [-0.4, -0.2) is 10.2 Å². The van der Waals surface area contributed by atoms with Crippen LogP contribution in [-0.2, 0) is 13.2 Å². The summed E-state index contributed by atoms with van der Waals surface area (Å²) in [7, 11) is 0. The Morgan fingerprint density at radius 3 is 2.18 bits per heavy atom. The summed E-state index contributed by atoms with van der Waals surface area (Å²) >= 11 is 3.41. The average Bonchev–Trinajstić information content (AvgIpc) is 3.01. The van der Waals surface area contributed by atoms with Gasteiger partial charge in [-0.15, -0.1) is 10.2 Å². The molecule has 0 saturated carbocycles. The molecule has 3 aromatic rings. The maximum absolute atomic E-state index is 5.62. The summed E-state index contributed by atoms with van der Waals surface area (Å²) in [6.07, 6.45) is 0. The Hall–Kier alpha value is -2.34.